The van der Waals surface area contributed by atoms with Crippen LogP contribution in [0.4, 0.5) is 0 Å². The van der Waals surface area contributed by atoms with Gasteiger partial charge in [-0.3, -0.25) is 0 Å². The van der Waals surface area contributed by atoms with Gasteiger partial charge in [0.2, 0.25) is 0 Å². The van der Waals surface area contributed by atoms with Crippen molar-refractivity contribution in [2.75, 3.05) is 7.11 Å². The molecule has 3 heteroatoms. The summed E-state index contributed by atoms with van der Waals surface area (Å²) >= 11 is 0. The van der Waals surface area contributed by atoms with Gasteiger partial charge in [0, 0.05) is 5.57 Å². The normalized spacial score (nSPS) is 11.5. The van der Waals surface area contributed by atoms with Crippen molar-refractivity contribution in [2.24, 2.45) is 0 Å². The van der Waals surface area contributed by atoms with E-state index in [0.717, 1.165) is 29.7 Å². The lowest BCUT2D eigenvalue weighted by Gasteiger charge is -2.10. The molecule has 21 heavy (non-hydrogen) atoms. The van der Waals surface area contributed by atoms with E-state index in [2.05, 4.69) is 6.92 Å². The van der Waals surface area contributed by atoms with Crippen LogP contribution in [-0.2, 0) is 11.2 Å². The molecular formula is C18H26O3. The molecule has 0 atom stereocenters. The van der Waals surface area contributed by atoms with Gasteiger partial charge in [0.15, 0.2) is 0 Å². The first-order valence-corrected chi connectivity index (χ1v) is 7.73. The van der Waals surface area contributed by atoms with Gasteiger partial charge in [0.1, 0.15) is 5.75 Å². The molecule has 0 aliphatic carbocycles. The lowest BCUT2D eigenvalue weighted by Crippen LogP contribution is -2.00. The van der Waals surface area contributed by atoms with E-state index in [1.807, 2.05) is 25.1 Å². The Bertz CT molecular complexity index is 489. The van der Waals surface area contributed by atoms with Gasteiger partial charge in [-0.25, -0.2) is 4.79 Å². The van der Waals surface area contributed by atoms with Crippen LogP contribution in [0.1, 0.15) is 57.1 Å². The Morgan fingerprint density at radius 1 is 1.24 bits per heavy atom. The minimum atomic E-state index is -0.842. The highest BCUT2D eigenvalue weighted by Crippen LogP contribution is 2.23. The molecule has 0 aromatic heterocycles. The van der Waals surface area contributed by atoms with Gasteiger partial charge in [-0.15, -0.1) is 0 Å². The van der Waals surface area contributed by atoms with Gasteiger partial charge >= 0.3 is 5.97 Å². The second kappa shape index (κ2) is 9.22. The largest absolute Gasteiger partial charge is 0.497 e. The second-order valence-corrected chi connectivity index (χ2v) is 5.20. The van der Waals surface area contributed by atoms with Crippen molar-refractivity contribution < 1.29 is 14.6 Å². The molecule has 0 unspecified atom stereocenters. The first-order chi connectivity index (χ1) is 10.1. The standard InChI is InChI=1S/C18H26O3/c1-4-6-7-8-9-15-13-17(21-3)11-10-16(15)12-14(5-2)18(19)20/h10-13H,4-9H2,1-3H3,(H,19,20). The highest BCUT2D eigenvalue weighted by atomic mass is 16.5. The quantitative estimate of drug-likeness (QED) is 0.530. The summed E-state index contributed by atoms with van der Waals surface area (Å²) in [6.07, 6.45) is 8.05. The van der Waals surface area contributed by atoms with Crippen molar-refractivity contribution >= 4 is 12.0 Å². The van der Waals surface area contributed by atoms with Gasteiger partial charge in [0.05, 0.1) is 7.11 Å². The monoisotopic (exact) mass is 290 g/mol. The van der Waals surface area contributed by atoms with Crippen molar-refractivity contribution in [3.05, 3.63) is 34.9 Å². The lowest BCUT2D eigenvalue weighted by atomic mass is 9.98. The van der Waals surface area contributed by atoms with Gasteiger partial charge in [0.25, 0.3) is 0 Å². The number of aryl methyl sites for hydroxylation is 1. The highest BCUT2D eigenvalue weighted by molar-refractivity contribution is 5.92. The Hall–Kier alpha value is -1.77. The predicted molar refractivity (Wildman–Crippen MR) is 86.7 cm³/mol. The Balaban J connectivity index is 2.98. The topological polar surface area (TPSA) is 46.5 Å². The van der Waals surface area contributed by atoms with Crippen LogP contribution in [0.25, 0.3) is 6.08 Å². The summed E-state index contributed by atoms with van der Waals surface area (Å²) in [5, 5.41) is 9.18. The number of carbonyl (C=O) groups is 1. The van der Waals surface area contributed by atoms with Crippen molar-refractivity contribution in [3.8, 4) is 5.75 Å². The number of hydrogen-bond donors (Lipinski definition) is 1. The molecule has 0 heterocycles. The molecule has 1 N–H and O–H groups in total. The average Bonchev–Trinajstić information content (AvgIpc) is 2.49. The highest BCUT2D eigenvalue weighted by Gasteiger charge is 2.08. The van der Waals surface area contributed by atoms with Crippen LogP contribution in [-0.4, -0.2) is 18.2 Å². The molecule has 0 spiro atoms. The third-order valence-electron chi connectivity index (χ3n) is 3.64. The summed E-state index contributed by atoms with van der Waals surface area (Å²) in [7, 11) is 1.65. The Kier molecular flexibility index (Phi) is 7.59. The van der Waals surface area contributed by atoms with Crippen LogP contribution < -0.4 is 4.74 Å². The first-order valence-electron chi connectivity index (χ1n) is 7.73. The van der Waals surface area contributed by atoms with Crippen LogP contribution in [0.2, 0.25) is 0 Å². The number of carboxylic acids is 1. The number of ether oxygens (including phenoxy) is 1. The maximum atomic E-state index is 11.2. The molecule has 0 saturated heterocycles. The maximum Gasteiger partial charge on any atom is 0.331 e. The zero-order valence-corrected chi connectivity index (χ0v) is 13.3. The fourth-order valence-corrected chi connectivity index (χ4v) is 2.31. The zero-order chi connectivity index (χ0) is 15.7. The third-order valence-corrected chi connectivity index (χ3v) is 3.64. The van der Waals surface area contributed by atoms with Crippen LogP contribution in [0.5, 0.6) is 5.75 Å². The molecule has 0 radical (unpaired) electrons. The van der Waals surface area contributed by atoms with Crippen LogP contribution in [0.15, 0.2) is 23.8 Å². The number of methoxy groups -OCH3 is 1. The van der Waals surface area contributed by atoms with E-state index in [9.17, 15) is 9.90 Å². The molecule has 1 aromatic carbocycles. The van der Waals surface area contributed by atoms with Gasteiger partial charge in [-0.2, -0.15) is 0 Å². The zero-order valence-electron chi connectivity index (χ0n) is 13.3. The molecular weight excluding hydrogens is 264 g/mol. The Morgan fingerprint density at radius 2 is 2.00 bits per heavy atom. The van der Waals surface area contributed by atoms with Crippen LogP contribution in [0.3, 0.4) is 0 Å². The number of unbranched alkanes of at least 4 members (excludes halogenated alkanes) is 3. The van der Waals surface area contributed by atoms with Crippen molar-refractivity contribution in [3.63, 3.8) is 0 Å². The summed E-state index contributed by atoms with van der Waals surface area (Å²) in [5.74, 6) is -0.0173. The lowest BCUT2D eigenvalue weighted by molar-refractivity contribution is -0.132. The molecule has 1 rings (SSSR count). The van der Waals surface area contributed by atoms with E-state index in [1.54, 1.807) is 13.2 Å². The molecule has 0 bridgehead atoms. The van der Waals surface area contributed by atoms with Crippen LogP contribution in [0, 0.1) is 0 Å². The van der Waals surface area contributed by atoms with Gasteiger partial charge in [-0.1, -0.05) is 39.2 Å². The molecule has 0 fully saturated rings. The number of rotatable bonds is 9. The van der Waals surface area contributed by atoms with E-state index in [4.69, 9.17) is 4.74 Å². The molecule has 0 saturated carbocycles. The number of benzene rings is 1. The Morgan fingerprint density at radius 3 is 2.57 bits per heavy atom. The fourth-order valence-electron chi connectivity index (χ4n) is 2.31. The second-order valence-electron chi connectivity index (χ2n) is 5.20. The van der Waals surface area contributed by atoms with E-state index in [-0.39, 0.29) is 0 Å². The average molecular weight is 290 g/mol. The van der Waals surface area contributed by atoms with Crippen LogP contribution >= 0.6 is 0 Å². The minimum absolute atomic E-state index is 0.440. The summed E-state index contributed by atoms with van der Waals surface area (Å²) < 4.78 is 5.28. The third kappa shape index (κ3) is 5.62. The van der Waals surface area contributed by atoms with E-state index >= 15 is 0 Å². The van der Waals surface area contributed by atoms with Crippen molar-refractivity contribution in [1.82, 2.24) is 0 Å². The SMILES string of the molecule is CCCCCCc1cc(OC)ccc1C=C(CC)C(=O)O. The summed E-state index contributed by atoms with van der Waals surface area (Å²) in [5.41, 5.74) is 2.60. The van der Waals surface area contributed by atoms with Crippen molar-refractivity contribution in [1.29, 1.82) is 0 Å². The fraction of sp³-hybridized carbons (Fsp3) is 0.500. The summed E-state index contributed by atoms with van der Waals surface area (Å²) in [4.78, 5) is 11.2. The van der Waals surface area contributed by atoms with Crippen molar-refractivity contribution in [2.45, 2.75) is 52.4 Å². The maximum absolute atomic E-state index is 11.2. The first kappa shape index (κ1) is 17.3. The number of carboxylic acid groups (broad SMARTS) is 1. The van der Waals surface area contributed by atoms with Gasteiger partial charge < -0.3 is 9.84 Å². The molecule has 1 aromatic rings. The number of aliphatic carboxylic acids is 1. The minimum Gasteiger partial charge on any atom is -0.497 e. The molecule has 0 aliphatic rings. The van der Waals surface area contributed by atoms with E-state index in [0.29, 0.717) is 12.0 Å². The molecule has 3 nitrogen and oxygen atoms in total. The number of hydrogen-bond acceptors (Lipinski definition) is 2. The molecule has 0 aliphatic heterocycles. The van der Waals surface area contributed by atoms with E-state index in [1.165, 1.54) is 19.3 Å². The summed E-state index contributed by atoms with van der Waals surface area (Å²) in [6.45, 7) is 4.06. The predicted octanol–water partition coefficient (Wildman–Crippen LogP) is 4.70. The summed E-state index contributed by atoms with van der Waals surface area (Å²) in [6, 6.07) is 5.86. The molecule has 0 amide bonds. The smallest absolute Gasteiger partial charge is 0.331 e. The van der Waals surface area contributed by atoms with Gasteiger partial charge in [-0.05, 0) is 48.6 Å². The van der Waals surface area contributed by atoms with E-state index < -0.39 is 5.97 Å². The Labute approximate surface area is 127 Å². The molecule has 116 valence electrons.